The zero-order valence-electron chi connectivity index (χ0n) is 8.81. The molecule has 0 spiro atoms. The molecule has 0 fully saturated rings. The minimum atomic E-state index is -0.346. The highest BCUT2D eigenvalue weighted by atomic mass is 16.3. The van der Waals surface area contributed by atoms with Crippen LogP contribution in [0.1, 0.15) is 29.3 Å². The van der Waals surface area contributed by atoms with Gasteiger partial charge in [-0.2, -0.15) is 0 Å². The quantitative estimate of drug-likeness (QED) is 0.810. The molecule has 0 saturated carbocycles. The third-order valence-electron chi connectivity index (χ3n) is 2.71. The summed E-state index contributed by atoms with van der Waals surface area (Å²) in [5, 5.41) is 9.18. The second-order valence-corrected chi connectivity index (χ2v) is 4.02. The number of amides is 1. The molecule has 0 aromatic heterocycles. The molecule has 0 bridgehead atoms. The maximum Gasteiger partial charge on any atom is 0.254 e. The number of fused-ring (bicyclic) bond motifs is 1. The molecule has 1 aliphatic heterocycles. The average Bonchev–Trinajstić information content (AvgIpc) is 2.54. The van der Waals surface area contributed by atoms with Crippen molar-refractivity contribution in [3.63, 3.8) is 0 Å². The first kappa shape index (κ1) is 10.2. The summed E-state index contributed by atoms with van der Waals surface area (Å²) < 4.78 is 0. The van der Waals surface area contributed by atoms with Crippen LogP contribution < -0.4 is 0 Å². The van der Waals surface area contributed by atoms with E-state index in [-0.39, 0.29) is 12.0 Å². The van der Waals surface area contributed by atoms with Gasteiger partial charge in [0.05, 0.1) is 6.10 Å². The number of aliphatic hydroxyl groups excluding tert-OH is 1. The van der Waals surface area contributed by atoms with Crippen LogP contribution in [0.3, 0.4) is 0 Å². The molecule has 1 atom stereocenters. The van der Waals surface area contributed by atoms with E-state index in [1.165, 1.54) is 0 Å². The minimum absolute atomic E-state index is 0.0891. The lowest BCUT2D eigenvalue weighted by Crippen LogP contribution is -2.27. The van der Waals surface area contributed by atoms with E-state index in [4.69, 9.17) is 0 Å². The number of hydrogen-bond donors (Lipinski definition) is 1. The van der Waals surface area contributed by atoms with Crippen molar-refractivity contribution < 1.29 is 9.90 Å². The van der Waals surface area contributed by atoms with E-state index in [1.54, 1.807) is 11.8 Å². The smallest absolute Gasteiger partial charge is 0.254 e. The van der Waals surface area contributed by atoms with Gasteiger partial charge in [-0.25, -0.2) is 0 Å². The zero-order chi connectivity index (χ0) is 10.8. The SMILES string of the molecule is CC(O)CCN1Cc2ccccc2C1=O. The molecule has 1 aromatic rings. The van der Waals surface area contributed by atoms with Crippen LogP contribution in [-0.2, 0) is 6.54 Å². The molecule has 1 unspecified atom stereocenters. The van der Waals surface area contributed by atoms with Gasteiger partial charge in [-0.05, 0) is 25.0 Å². The van der Waals surface area contributed by atoms with E-state index in [2.05, 4.69) is 0 Å². The number of aliphatic hydroxyl groups is 1. The first-order chi connectivity index (χ1) is 7.18. The Morgan fingerprint density at radius 1 is 1.47 bits per heavy atom. The highest BCUT2D eigenvalue weighted by molar-refractivity contribution is 5.98. The lowest BCUT2D eigenvalue weighted by Gasteiger charge is -2.16. The molecule has 0 radical (unpaired) electrons. The third kappa shape index (κ3) is 2.02. The summed E-state index contributed by atoms with van der Waals surface area (Å²) >= 11 is 0. The Hall–Kier alpha value is -1.35. The molecule has 3 heteroatoms. The predicted octanol–water partition coefficient (Wildman–Crippen LogP) is 1.41. The average molecular weight is 205 g/mol. The van der Waals surface area contributed by atoms with Crippen molar-refractivity contribution in [2.75, 3.05) is 6.54 Å². The van der Waals surface area contributed by atoms with Gasteiger partial charge < -0.3 is 10.0 Å². The maximum absolute atomic E-state index is 11.9. The number of carbonyl (C=O) groups is 1. The van der Waals surface area contributed by atoms with Gasteiger partial charge in [0.1, 0.15) is 0 Å². The molecule has 80 valence electrons. The summed E-state index contributed by atoms with van der Waals surface area (Å²) in [4.78, 5) is 13.6. The van der Waals surface area contributed by atoms with Gasteiger partial charge in [-0.15, -0.1) is 0 Å². The van der Waals surface area contributed by atoms with Gasteiger partial charge in [-0.3, -0.25) is 4.79 Å². The summed E-state index contributed by atoms with van der Waals surface area (Å²) in [6.07, 6.45) is 0.293. The molecule has 1 N–H and O–H groups in total. The minimum Gasteiger partial charge on any atom is -0.393 e. The van der Waals surface area contributed by atoms with Crippen LogP contribution >= 0.6 is 0 Å². The second kappa shape index (κ2) is 4.03. The van der Waals surface area contributed by atoms with Crippen LogP contribution in [0.25, 0.3) is 0 Å². The molecular formula is C12H15NO2. The monoisotopic (exact) mass is 205 g/mol. The van der Waals surface area contributed by atoms with Crippen LogP contribution in [0.15, 0.2) is 24.3 Å². The molecule has 2 rings (SSSR count). The Morgan fingerprint density at radius 2 is 2.20 bits per heavy atom. The summed E-state index contributed by atoms with van der Waals surface area (Å²) in [5.41, 5.74) is 1.90. The summed E-state index contributed by atoms with van der Waals surface area (Å²) in [6.45, 7) is 3.06. The first-order valence-electron chi connectivity index (χ1n) is 5.23. The molecule has 0 saturated heterocycles. The van der Waals surface area contributed by atoms with Gasteiger partial charge in [0.15, 0.2) is 0 Å². The van der Waals surface area contributed by atoms with Crippen LogP contribution in [-0.4, -0.2) is 28.6 Å². The Kier molecular flexibility index (Phi) is 2.73. The molecular weight excluding hydrogens is 190 g/mol. The van der Waals surface area contributed by atoms with Crippen molar-refractivity contribution in [2.45, 2.75) is 26.0 Å². The van der Waals surface area contributed by atoms with Crippen molar-refractivity contribution in [3.05, 3.63) is 35.4 Å². The number of hydrogen-bond acceptors (Lipinski definition) is 2. The Bertz CT molecular complexity index is 374. The third-order valence-corrected chi connectivity index (χ3v) is 2.71. The molecule has 1 aromatic carbocycles. The Labute approximate surface area is 89.3 Å². The fourth-order valence-electron chi connectivity index (χ4n) is 1.84. The largest absolute Gasteiger partial charge is 0.393 e. The van der Waals surface area contributed by atoms with Gasteiger partial charge in [0, 0.05) is 18.7 Å². The van der Waals surface area contributed by atoms with Crippen LogP contribution in [0, 0.1) is 0 Å². The standard InChI is InChI=1S/C12H15NO2/c1-9(14)6-7-13-8-10-4-2-3-5-11(10)12(13)15/h2-5,9,14H,6-8H2,1H3. The van der Waals surface area contributed by atoms with E-state index in [0.717, 1.165) is 11.1 Å². The first-order valence-corrected chi connectivity index (χ1v) is 5.23. The van der Waals surface area contributed by atoms with Gasteiger partial charge in [0.25, 0.3) is 5.91 Å². The number of rotatable bonds is 3. The van der Waals surface area contributed by atoms with Crippen molar-refractivity contribution >= 4 is 5.91 Å². The van der Waals surface area contributed by atoms with E-state index >= 15 is 0 Å². The summed E-state index contributed by atoms with van der Waals surface area (Å²) in [7, 11) is 0. The van der Waals surface area contributed by atoms with Crippen molar-refractivity contribution in [1.82, 2.24) is 4.90 Å². The number of nitrogens with zero attached hydrogens (tertiary/aromatic N) is 1. The number of benzene rings is 1. The fourth-order valence-corrected chi connectivity index (χ4v) is 1.84. The molecule has 1 amide bonds. The topological polar surface area (TPSA) is 40.5 Å². The normalized spacial score (nSPS) is 16.7. The van der Waals surface area contributed by atoms with E-state index in [9.17, 15) is 9.90 Å². The van der Waals surface area contributed by atoms with Crippen LogP contribution in [0.5, 0.6) is 0 Å². The molecule has 15 heavy (non-hydrogen) atoms. The van der Waals surface area contributed by atoms with E-state index < -0.39 is 0 Å². The Balaban J connectivity index is 2.07. The lowest BCUT2D eigenvalue weighted by molar-refractivity contribution is 0.0748. The predicted molar refractivity (Wildman–Crippen MR) is 57.5 cm³/mol. The highest BCUT2D eigenvalue weighted by Gasteiger charge is 2.26. The summed E-state index contributed by atoms with van der Waals surface area (Å²) in [5.74, 6) is 0.0891. The van der Waals surface area contributed by atoms with Crippen molar-refractivity contribution in [2.24, 2.45) is 0 Å². The lowest BCUT2D eigenvalue weighted by atomic mass is 10.1. The number of carbonyl (C=O) groups excluding carboxylic acids is 1. The van der Waals surface area contributed by atoms with Gasteiger partial charge in [0.2, 0.25) is 0 Å². The van der Waals surface area contributed by atoms with Gasteiger partial charge in [-0.1, -0.05) is 18.2 Å². The van der Waals surface area contributed by atoms with Crippen LogP contribution in [0.4, 0.5) is 0 Å². The molecule has 3 nitrogen and oxygen atoms in total. The van der Waals surface area contributed by atoms with Gasteiger partial charge >= 0.3 is 0 Å². The molecule has 0 aliphatic carbocycles. The van der Waals surface area contributed by atoms with E-state index in [0.29, 0.717) is 19.5 Å². The zero-order valence-corrected chi connectivity index (χ0v) is 8.81. The fraction of sp³-hybridized carbons (Fsp3) is 0.417. The Morgan fingerprint density at radius 3 is 2.87 bits per heavy atom. The van der Waals surface area contributed by atoms with Crippen molar-refractivity contribution in [1.29, 1.82) is 0 Å². The second-order valence-electron chi connectivity index (χ2n) is 4.02. The molecule has 1 aliphatic rings. The van der Waals surface area contributed by atoms with E-state index in [1.807, 2.05) is 24.3 Å². The van der Waals surface area contributed by atoms with Crippen LogP contribution in [0.2, 0.25) is 0 Å². The highest BCUT2D eigenvalue weighted by Crippen LogP contribution is 2.22. The molecule has 1 heterocycles. The maximum atomic E-state index is 11.9. The summed E-state index contributed by atoms with van der Waals surface area (Å²) in [6, 6.07) is 7.68. The van der Waals surface area contributed by atoms with Crippen molar-refractivity contribution in [3.8, 4) is 0 Å².